The first-order valence-corrected chi connectivity index (χ1v) is 6.93. The predicted molar refractivity (Wildman–Crippen MR) is 71.7 cm³/mol. The van der Waals surface area contributed by atoms with Gasteiger partial charge in [0, 0.05) is 11.5 Å². The molecule has 2 heterocycles. The molecule has 9 heteroatoms. The molecule has 19 heavy (non-hydrogen) atoms. The zero-order valence-corrected chi connectivity index (χ0v) is 12.0. The highest BCUT2D eigenvalue weighted by atomic mass is 35.5. The molecule has 0 spiro atoms. The third-order valence-corrected chi connectivity index (χ3v) is 3.75. The highest BCUT2D eigenvalue weighted by molar-refractivity contribution is 7.10. The summed E-state index contributed by atoms with van der Waals surface area (Å²) in [6, 6.07) is 0. The van der Waals surface area contributed by atoms with Crippen LogP contribution in [0.2, 0.25) is 4.34 Å². The summed E-state index contributed by atoms with van der Waals surface area (Å²) in [5.74, 6) is 0. The van der Waals surface area contributed by atoms with Crippen molar-refractivity contribution in [1.82, 2.24) is 19.4 Å². The van der Waals surface area contributed by atoms with Gasteiger partial charge in [0.1, 0.15) is 21.4 Å². The van der Waals surface area contributed by atoms with Crippen LogP contribution in [-0.2, 0) is 19.4 Å². The Hall–Kier alpha value is -1.54. The van der Waals surface area contributed by atoms with E-state index in [1.165, 1.54) is 0 Å². The molecule has 0 atom stereocenters. The normalized spacial score (nSPS) is 10.9. The summed E-state index contributed by atoms with van der Waals surface area (Å²) >= 11 is 7.04. The lowest BCUT2D eigenvalue weighted by Crippen LogP contribution is -2.07. The Labute approximate surface area is 118 Å². The fourth-order valence-corrected chi connectivity index (χ4v) is 2.52. The molecule has 0 aliphatic rings. The van der Waals surface area contributed by atoms with E-state index in [0.29, 0.717) is 40.8 Å². The van der Waals surface area contributed by atoms with Gasteiger partial charge < -0.3 is 0 Å². The third-order valence-electron chi connectivity index (χ3n) is 2.76. The second-order valence-electron chi connectivity index (χ2n) is 3.86. The van der Waals surface area contributed by atoms with Crippen molar-refractivity contribution in [3.63, 3.8) is 0 Å². The summed E-state index contributed by atoms with van der Waals surface area (Å²) in [5, 5.41) is 19.3. The molecular weight excluding hydrogens is 290 g/mol. The van der Waals surface area contributed by atoms with E-state index in [-0.39, 0.29) is 10.6 Å². The number of aromatic nitrogens is 4. The van der Waals surface area contributed by atoms with E-state index in [0.717, 1.165) is 11.5 Å². The lowest BCUT2D eigenvalue weighted by molar-refractivity contribution is -0.386. The number of hydrogen-bond donors (Lipinski definition) is 0. The molecule has 0 N–H and O–H groups in total. The average molecular weight is 302 g/mol. The van der Waals surface area contributed by atoms with Gasteiger partial charge in [-0.1, -0.05) is 29.9 Å². The predicted octanol–water partition coefficient (Wildman–Crippen LogP) is 2.47. The summed E-state index contributed by atoms with van der Waals surface area (Å²) in [4.78, 5) is 10.8. The van der Waals surface area contributed by atoms with E-state index >= 15 is 0 Å². The molecule has 0 aliphatic carbocycles. The molecule has 0 saturated carbocycles. The van der Waals surface area contributed by atoms with Gasteiger partial charge in [-0.25, -0.2) is 0 Å². The second kappa shape index (κ2) is 5.62. The average Bonchev–Trinajstić information content (AvgIpc) is 2.93. The molecule has 2 aromatic rings. The number of nitro groups is 1. The van der Waals surface area contributed by atoms with Crippen LogP contribution in [0.1, 0.15) is 30.9 Å². The molecule has 0 saturated heterocycles. The second-order valence-corrected chi connectivity index (χ2v) is 5.21. The van der Waals surface area contributed by atoms with Crippen molar-refractivity contribution in [3.05, 3.63) is 31.5 Å². The molecule has 0 radical (unpaired) electrons. The summed E-state index contributed by atoms with van der Waals surface area (Å²) in [7, 11) is 0. The first kappa shape index (κ1) is 13.9. The number of hydrogen-bond acceptors (Lipinski definition) is 6. The Balaban J connectivity index is 2.46. The number of rotatable bonds is 5. The monoisotopic (exact) mass is 301 g/mol. The van der Waals surface area contributed by atoms with Crippen LogP contribution in [-0.4, -0.2) is 24.3 Å². The standard InChI is InChI=1S/C10H12ClN5O2S/c1-3-6-9(16(17)18)8(4-2)15(13-6)5-7-10(11)19-14-12-7/h3-5H2,1-2H3. The summed E-state index contributed by atoms with van der Waals surface area (Å²) in [6.45, 7) is 4.01. The third kappa shape index (κ3) is 2.59. The number of nitrogens with zero attached hydrogens (tertiary/aromatic N) is 5. The molecule has 0 aromatic carbocycles. The van der Waals surface area contributed by atoms with Crippen LogP contribution >= 0.6 is 23.1 Å². The molecule has 2 rings (SSSR count). The zero-order chi connectivity index (χ0) is 14.0. The fraction of sp³-hybridized carbons (Fsp3) is 0.500. The van der Waals surface area contributed by atoms with E-state index in [4.69, 9.17) is 11.6 Å². The minimum atomic E-state index is -0.373. The van der Waals surface area contributed by atoms with Crippen LogP contribution in [0.4, 0.5) is 5.69 Å². The van der Waals surface area contributed by atoms with Gasteiger partial charge in [-0.2, -0.15) is 5.10 Å². The Kier molecular flexibility index (Phi) is 4.11. The van der Waals surface area contributed by atoms with Crippen molar-refractivity contribution in [1.29, 1.82) is 0 Å². The molecule has 0 aliphatic heterocycles. The Morgan fingerprint density at radius 1 is 1.37 bits per heavy atom. The largest absolute Gasteiger partial charge is 0.313 e. The van der Waals surface area contributed by atoms with Gasteiger partial charge in [0.05, 0.1) is 11.5 Å². The van der Waals surface area contributed by atoms with E-state index in [2.05, 4.69) is 14.7 Å². The Morgan fingerprint density at radius 2 is 2.11 bits per heavy atom. The maximum Gasteiger partial charge on any atom is 0.313 e. The molecule has 0 amide bonds. The van der Waals surface area contributed by atoms with E-state index < -0.39 is 0 Å². The van der Waals surface area contributed by atoms with Crippen molar-refractivity contribution in [2.24, 2.45) is 0 Å². The van der Waals surface area contributed by atoms with E-state index in [1.54, 1.807) is 4.68 Å². The number of halogens is 1. The first-order valence-electron chi connectivity index (χ1n) is 5.78. The van der Waals surface area contributed by atoms with Crippen LogP contribution in [0.3, 0.4) is 0 Å². The van der Waals surface area contributed by atoms with Crippen LogP contribution in [0.15, 0.2) is 0 Å². The van der Waals surface area contributed by atoms with Crippen molar-refractivity contribution in [2.75, 3.05) is 0 Å². The van der Waals surface area contributed by atoms with Crippen molar-refractivity contribution < 1.29 is 4.92 Å². The Bertz CT molecular complexity index is 609. The maximum absolute atomic E-state index is 11.1. The smallest absolute Gasteiger partial charge is 0.258 e. The highest BCUT2D eigenvalue weighted by Gasteiger charge is 2.26. The van der Waals surface area contributed by atoms with Crippen LogP contribution in [0, 0.1) is 10.1 Å². The summed E-state index contributed by atoms with van der Waals surface area (Å²) < 4.78 is 5.82. The van der Waals surface area contributed by atoms with Crippen LogP contribution in [0.25, 0.3) is 0 Å². The SMILES string of the molecule is CCc1nn(Cc2nnsc2Cl)c(CC)c1[N+](=O)[O-]. The fourth-order valence-electron chi connectivity index (χ4n) is 1.91. The molecule has 0 bridgehead atoms. The van der Waals surface area contributed by atoms with Gasteiger partial charge in [-0.3, -0.25) is 14.8 Å². The van der Waals surface area contributed by atoms with Crippen molar-refractivity contribution in [2.45, 2.75) is 33.2 Å². The maximum atomic E-state index is 11.1. The van der Waals surface area contributed by atoms with E-state index in [1.807, 2.05) is 13.8 Å². The summed E-state index contributed by atoms with van der Waals surface area (Å²) in [6.07, 6.45) is 1.04. The molecular formula is C10H12ClN5O2S. The topological polar surface area (TPSA) is 86.7 Å². The first-order chi connectivity index (χ1) is 9.08. The summed E-state index contributed by atoms with van der Waals surface area (Å²) in [5.41, 5.74) is 1.76. The van der Waals surface area contributed by atoms with Crippen molar-refractivity contribution in [3.8, 4) is 0 Å². The van der Waals surface area contributed by atoms with E-state index in [9.17, 15) is 10.1 Å². The molecule has 0 unspecified atom stereocenters. The minimum absolute atomic E-state index is 0.101. The van der Waals surface area contributed by atoms with Crippen LogP contribution in [0.5, 0.6) is 0 Å². The van der Waals surface area contributed by atoms with Crippen LogP contribution < -0.4 is 0 Å². The van der Waals surface area contributed by atoms with Gasteiger partial charge in [-0.15, -0.1) is 5.10 Å². The lowest BCUT2D eigenvalue weighted by atomic mass is 10.2. The molecule has 2 aromatic heterocycles. The number of aryl methyl sites for hydroxylation is 1. The van der Waals surface area contributed by atoms with Crippen molar-refractivity contribution >= 4 is 28.8 Å². The molecule has 7 nitrogen and oxygen atoms in total. The Morgan fingerprint density at radius 3 is 2.58 bits per heavy atom. The minimum Gasteiger partial charge on any atom is -0.258 e. The lowest BCUT2D eigenvalue weighted by Gasteiger charge is -2.02. The van der Waals surface area contributed by atoms with Gasteiger partial charge in [0.15, 0.2) is 0 Å². The molecule has 102 valence electrons. The zero-order valence-electron chi connectivity index (χ0n) is 10.5. The van der Waals surface area contributed by atoms with Gasteiger partial charge in [0.25, 0.3) is 0 Å². The van der Waals surface area contributed by atoms with Gasteiger partial charge in [0.2, 0.25) is 0 Å². The highest BCUT2D eigenvalue weighted by Crippen LogP contribution is 2.26. The van der Waals surface area contributed by atoms with Gasteiger partial charge in [-0.05, 0) is 12.8 Å². The molecule has 0 fully saturated rings. The quantitative estimate of drug-likeness (QED) is 0.625. The van der Waals surface area contributed by atoms with Gasteiger partial charge >= 0.3 is 5.69 Å².